The number of hydrogen-bond donors (Lipinski definition) is 0. The summed E-state index contributed by atoms with van der Waals surface area (Å²) in [4.78, 5) is 0. The number of hydrogen-bond acceptors (Lipinski definition) is 1. The summed E-state index contributed by atoms with van der Waals surface area (Å²) in [5.41, 5.74) is 2.16. The minimum absolute atomic E-state index is 0.251. The number of rotatable bonds is 2. The largest absolute Gasteiger partial charge is 0.366 e. The standard InChI is InChI=1S/C17H16F2O/c1-12-11-15(19)7-8-16(12)17(9-2-10-20-17)13-3-5-14(18)6-4-13/h3-8,11H,2,9-10H2,1H3. The molecule has 0 bridgehead atoms. The Morgan fingerprint density at radius 1 is 1.00 bits per heavy atom. The Labute approximate surface area is 117 Å². The van der Waals surface area contributed by atoms with Crippen molar-refractivity contribution in [2.45, 2.75) is 25.4 Å². The average molecular weight is 274 g/mol. The van der Waals surface area contributed by atoms with Crippen molar-refractivity contribution in [2.75, 3.05) is 6.61 Å². The molecule has 104 valence electrons. The van der Waals surface area contributed by atoms with E-state index in [0.29, 0.717) is 6.61 Å². The molecule has 0 aromatic heterocycles. The van der Waals surface area contributed by atoms with Crippen LogP contribution in [0.2, 0.25) is 0 Å². The lowest BCUT2D eigenvalue weighted by molar-refractivity contribution is 0.0354. The van der Waals surface area contributed by atoms with E-state index in [1.165, 1.54) is 24.3 Å². The summed E-state index contributed by atoms with van der Waals surface area (Å²) in [6.07, 6.45) is 1.76. The summed E-state index contributed by atoms with van der Waals surface area (Å²) in [5.74, 6) is -0.517. The maximum Gasteiger partial charge on any atom is 0.123 e. The third-order valence-corrected chi connectivity index (χ3v) is 3.96. The van der Waals surface area contributed by atoms with E-state index >= 15 is 0 Å². The molecule has 3 heteroatoms. The molecule has 1 fully saturated rings. The molecule has 0 aliphatic carbocycles. The monoisotopic (exact) mass is 274 g/mol. The first-order chi connectivity index (χ1) is 9.62. The second-order valence-electron chi connectivity index (χ2n) is 5.25. The maximum absolute atomic E-state index is 13.3. The van der Waals surface area contributed by atoms with Crippen molar-refractivity contribution in [3.05, 3.63) is 70.8 Å². The smallest absolute Gasteiger partial charge is 0.123 e. The molecule has 2 aromatic carbocycles. The molecule has 1 nitrogen and oxygen atoms in total. The maximum atomic E-state index is 13.3. The highest BCUT2D eigenvalue weighted by Crippen LogP contribution is 2.43. The van der Waals surface area contributed by atoms with Crippen LogP contribution in [0, 0.1) is 18.6 Å². The van der Waals surface area contributed by atoms with Crippen molar-refractivity contribution < 1.29 is 13.5 Å². The van der Waals surface area contributed by atoms with Gasteiger partial charge in [0.25, 0.3) is 0 Å². The molecule has 1 atom stereocenters. The van der Waals surface area contributed by atoms with Crippen molar-refractivity contribution in [3.8, 4) is 0 Å². The van der Waals surface area contributed by atoms with Gasteiger partial charge in [-0.1, -0.05) is 18.2 Å². The molecule has 1 unspecified atom stereocenters. The fourth-order valence-electron chi connectivity index (χ4n) is 3.03. The van der Waals surface area contributed by atoms with Crippen LogP contribution >= 0.6 is 0 Å². The molecular weight excluding hydrogens is 258 g/mol. The quantitative estimate of drug-likeness (QED) is 0.792. The summed E-state index contributed by atoms with van der Waals surface area (Å²) in [6.45, 7) is 2.54. The van der Waals surface area contributed by atoms with Crippen LogP contribution in [0.5, 0.6) is 0 Å². The van der Waals surface area contributed by atoms with Crippen molar-refractivity contribution >= 4 is 0 Å². The molecule has 1 aliphatic heterocycles. The zero-order valence-electron chi connectivity index (χ0n) is 11.3. The molecule has 1 heterocycles. The number of ether oxygens (including phenoxy) is 1. The number of aryl methyl sites for hydroxylation is 1. The van der Waals surface area contributed by atoms with E-state index < -0.39 is 5.60 Å². The van der Waals surface area contributed by atoms with Gasteiger partial charge in [-0.3, -0.25) is 0 Å². The zero-order chi connectivity index (χ0) is 14.2. The van der Waals surface area contributed by atoms with E-state index in [1.807, 2.05) is 6.92 Å². The van der Waals surface area contributed by atoms with Crippen molar-refractivity contribution in [1.29, 1.82) is 0 Å². The van der Waals surface area contributed by atoms with Crippen LogP contribution < -0.4 is 0 Å². The normalized spacial score (nSPS) is 22.1. The van der Waals surface area contributed by atoms with Gasteiger partial charge in [-0.05, 0) is 60.7 Å². The molecule has 3 rings (SSSR count). The Kier molecular flexibility index (Phi) is 3.30. The van der Waals surface area contributed by atoms with E-state index in [-0.39, 0.29) is 11.6 Å². The first kappa shape index (κ1) is 13.3. The van der Waals surface area contributed by atoms with Gasteiger partial charge in [0.2, 0.25) is 0 Å². The summed E-state index contributed by atoms with van der Waals surface area (Å²) in [6, 6.07) is 11.1. The molecule has 0 N–H and O–H groups in total. The van der Waals surface area contributed by atoms with Crippen LogP contribution in [0.4, 0.5) is 8.78 Å². The second kappa shape index (κ2) is 4.98. The highest BCUT2D eigenvalue weighted by atomic mass is 19.1. The van der Waals surface area contributed by atoms with Crippen LogP contribution in [0.15, 0.2) is 42.5 Å². The van der Waals surface area contributed by atoms with Gasteiger partial charge in [-0.25, -0.2) is 8.78 Å². The summed E-state index contributed by atoms with van der Waals surface area (Å²) in [7, 11) is 0. The lowest BCUT2D eigenvalue weighted by Crippen LogP contribution is -2.27. The molecule has 0 saturated carbocycles. The number of benzene rings is 2. The Morgan fingerprint density at radius 3 is 2.30 bits per heavy atom. The molecule has 0 amide bonds. The van der Waals surface area contributed by atoms with Gasteiger partial charge in [0, 0.05) is 6.61 Å². The summed E-state index contributed by atoms with van der Waals surface area (Å²) < 4.78 is 32.5. The Balaban J connectivity index is 2.14. The third-order valence-electron chi connectivity index (χ3n) is 3.96. The van der Waals surface area contributed by atoms with E-state index in [9.17, 15) is 8.78 Å². The summed E-state index contributed by atoms with van der Waals surface area (Å²) >= 11 is 0. The first-order valence-electron chi connectivity index (χ1n) is 6.78. The highest BCUT2D eigenvalue weighted by Gasteiger charge is 2.39. The third kappa shape index (κ3) is 2.12. The zero-order valence-corrected chi connectivity index (χ0v) is 11.3. The van der Waals surface area contributed by atoms with Crippen LogP contribution in [0.25, 0.3) is 0 Å². The summed E-state index contributed by atoms with van der Waals surface area (Å²) in [5, 5.41) is 0. The van der Waals surface area contributed by atoms with Crippen molar-refractivity contribution in [2.24, 2.45) is 0 Å². The van der Waals surface area contributed by atoms with Crippen LogP contribution in [0.1, 0.15) is 29.5 Å². The second-order valence-corrected chi connectivity index (χ2v) is 5.25. The fraction of sp³-hybridized carbons (Fsp3) is 0.294. The van der Waals surface area contributed by atoms with E-state index in [4.69, 9.17) is 4.74 Å². The van der Waals surface area contributed by atoms with Gasteiger partial charge >= 0.3 is 0 Å². The van der Waals surface area contributed by atoms with Crippen LogP contribution in [-0.2, 0) is 10.3 Å². The predicted molar refractivity (Wildman–Crippen MR) is 73.5 cm³/mol. The van der Waals surface area contributed by atoms with Gasteiger partial charge in [0.05, 0.1) is 0 Å². The Morgan fingerprint density at radius 2 is 1.70 bits per heavy atom. The van der Waals surface area contributed by atoms with E-state index in [0.717, 1.165) is 29.5 Å². The molecule has 20 heavy (non-hydrogen) atoms. The minimum Gasteiger partial charge on any atom is -0.366 e. The first-order valence-corrected chi connectivity index (χ1v) is 6.78. The van der Waals surface area contributed by atoms with Crippen molar-refractivity contribution in [3.63, 3.8) is 0 Å². The fourth-order valence-corrected chi connectivity index (χ4v) is 3.03. The molecule has 0 spiro atoms. The van der Waals surface area contributed by atoms with Gasteiger partial charge in [0.1, 0.15) is 17.2 Å². The Bertz CT molecular complexity index is 613. The van der Waals surface area contributed by atoms with Gasteiger partial charge < -0.3 is 4.74 Å². The van der Waals surface area contributed by atoms with Gasteiger partial charge in [-0.2, -0.15) is 0 Å². The van der Waals surface area contributed by atoms with Crippen LogP contribution in [0.3, 0.4) is 0 Å². The minimum atomic E-state index is -0.578. The van der Waals surface area contributed by atoms with E-state index in [1.54, 1.807) is 18.2 Å². The Hall–Kier alpha value is -1.74. The van der Waals surface area contributed by atoms with Gasteiger partial charge in [0.15, 0.2) is 0 Å². The average Bonchev–Trinajstić information content (AvgIpc) is 2.90. The molecule has 2 aromatic rings. The topological polar surface area (TPSA) is 9.23 Å². The number of halogens is 2. The molecule has 1 saturated heterocycles. The SMILES string of the molecule is Cc1cc(F)ccc1C1(c2ccc(F)cc2)CCCO1. The lowest BCUT2D eigenvalue weighted by Gasteiger charge is -2.31. The lowest BCUT2D eigenvalue weighted by atomic mass is 9.82. The molecule has 0 radical (unpaired) electrons. The molecule has 1 aliphatic rings. The van der Waals surface area contributed by atoms with Crippen LogP contribution in [-0.4, -0.2) is 6.61 Å². The highest BCUT2D eigenvalue weighted by molar-refractivity contribution is 5.42. The van der Waals surface area contributed by atoms with Crippen molar-refractivity contribution in [1.82, 2.24) is 0 Å². The predicted octanol–water partition coefficient (Wildman–Crippen LogP) is 4.33. The van der Waals surface area contributed by atoms with Gasteiger partial charge in [-0.15, -0.1) is 0 Å². The van der Waals surface area contributed by atoms with E-state index in [2.05, 4.69) is 0 Å². The molecular formula is C17H16F2O.